The van der Waals surface area contributed by atoms with E-state index in [2.05, 4.69) is 111 Å². The third-order valence-corrected chi connectivity index (χ3v) is 5.76. The molecule has 0 aliphatic heterocycles. The fraction of sp³-hybridized carbons (Fsp3) is 0.471. The molecule has 0 spiro atoms. The Labute approximate surface area is 225 Å². The van der Waals surface area contributed by atoms with Gasteiger partial charge in [-0.05, 0) is 78.0 Å². The zero-order valence-electron chi connectivity index (χ0n) is 23.0. The molecule has 0 atom stereocenters. The van der Waals surface area contributed by atoms with Gasteiger partial charge in [0.25, 0.3) is 0 Å². The molecule has 198 valence electrons. The Bertz CT molecular complexity index is 809. The summed E-state index contributed by atoms with van der Waals surface area (Å²) in [6, 6.07) is 23.0. The summed E-state index contributed by atoms with van der Waals surface area (Å²) in [4.78, 5) is 0. The zero-order chi connectivity index (χ0) is 25.6. The second-order valence-electron chi connectivity index (χ2n) is 9.15. The molecule has 0 aliphatic rings. The molecule has 0 aliphatic carbocycles. The predicted molar refractivity (Wildman–Crippen MR) is 166 cm³/mol. The highest BCUT2D eigenvalue weighted by Crippen LogP contribution is 2.26. The van der Waals surface area contributed by atoms with Gasteiger partial charge in [-0.2, -0.15) is 0 Å². The molecule has 3 aromatic rings. The van der Waals surface area contributed by atoms with Gasteiger partial charge in [-0.3, -0.25) is 0 Å². The number of halogens is 1. The molecule has 0 aromatic heterocycles. The van der Waals surface area contributed by atoms with Crippen LogP contribution in [0, 0.1) is 20.8 Å². The van der Waals surface area contributed by atoms with Crippen molar-refractivity contribution in [1.29, 1.82) is 0 Å². The van der Waals surface area contributed by atoms with Crippen LogP contribution in [0.15, 0.2) is 66.7 Å². The van der Waals surface area contributed by atoms with Crippen LogP contribution in [0.3, 0.4) is 0 Å². The lowest BCUT2D eigenvalue weighted by Gasteiger charge is -2.12. The summed E-state index contributed by atoms with van der Waals surface area (Å²) in [6.45, 7) is 23.7. The second-order valence-corrected chi connectivity index (χ2v) is 9.56. The largest absolute Gasteiger partial charge is 0.0840 e. The second kappa shape index (κ2) is 20.2. The highest BCUT2D eigenvalue weighted by Gasteiger charge is 2.06. The van der Waals surface area contributed by atoms with Crippen LogP contribution in [0.4, 0.5) is 0 Å². The average molecular weight is 499 g/mol. The van der Waals surface area contributed by atoms with Gasteiger partial charge in [-0.1, -0.05) is 143 Å². The van der Waals surface area contributed by atoms with Gasteiger partial charge in [0.1, 0.15) is 0 Å². The summed E-state index contributed by atoms with van der Waals surface area (Å²) >= 11 is 6.02. The van der Waals surface area contributed by atoms with Gasteiger partial charge in [0, 0.05) is 5.02 Å². The van der Waals surface area contributed by atoms with Gasteiger partial charge in [0.15, 0.2) is 0 Å². The van der Waals surface area contributed by atoms with Crippen molar-refractivity contribution in [1.82, 2.24) is 0 Å². The maximum absolute atomic E-state index is 6.02. The summed E-state index contributed by atoms with van der Waals surface area (Å²) in [5.74, 6) is 1.83. The molecule has 0 bridgehead atoms. The number of hydrogen-bond acceptors (Lipinski definition) is 0. The molecule has 0 saturated carbocycles. The first-order chi connectivity index (χ1) is 15.6. The molecule has 0 nitrogen and oxygen atoms in total. The van der Waals surface area contributed by atoms with E-state index in [0.717, 1.165) is 5.02 Å². The van der Waals surface area contributed by atoms with Crippen LogP contribution < -0.4 is 0 Å². The van der Waals surface area contributed by atoms with Crippen molar-refractivity contribution in [2.24, 2.45) is 0 Å². The third-order valence-electron chi connectivity index (χ3n) is 5.43. The first-order valence-electron chi connectivity index (χ1n) is 12.4. The van der Waals surface area contributed by atoms with Crippen molar-refractivity contribution in [3.05, 3.63) is 105 Å². The van der Waals surface area contributed by atoms with E-state index in [-0.39, 0.29) is 14.9 Å². The Kier molecular flexibility index (Phi) is 21.6. The molecule has 0 fully saturated rings. The number of aryl methyl sites for hydroxylation is 3. The molecular formula is C34H55Cl. The van der Waals surface area contributed by atoms with E-state index in [1.54, 1.807) is 0 Å². The molecule has 3 rings (SSSR count). The highest BCUT2D eigenvalue weighted by molar-refractivity contribution is 6.31. The topological polar surface area (TPSA) is 0 Å². The molecule has 0 radical (unpaired) electrons. The molecule has 0 unspecified atom stereocenters. The number of benzene rings is 3. The van der Waals surface area contributed by atoms with E-state index in [1.807, 2.05) is 32.0 Å². The maximum atomic E-state index is 6.02. The quantitative estimate of drug-likeness (QED) is 0.336. The molecule has 0 saturated heterocycles. The number of hydrogen-bond donors (Lipinski definition) is 0. The van der Waals surface area contributed by atoms with Crippen LogP contribution in [0.2, 0.25) is 5.02 Å². The van der Waals surface area contributed by atoms with Gasteiger partial charge >= 0.3 is 0 Å². The fourth-order valence-electron chi connectivity index (χ4n) is 3.95. The minimum absolute atomic E-state index is 0. The van der Waals surface area contributed by atoms with Crippen LogP contribution in [0.5, 0.6) is 0 Å². The van der Waals surface area contributed by atoms with E-state index in [0.29, 0.717) is 17.8 Å². The molecule has 0 N–H and O–H groups in total. The Morgan fingerprint density at radius 2 is 0.857 bits per heavy atom. The fourth-order valence-corrected chi connectivity index (χ4v) is 4.39. The van der Waals surface area contributed by atoms with Crippen molar-refractivity contribution in [3.63, 3.8) is 0 Å². The van der Waals surface area contributed by atoms with E-state index in [1.165, 1.54) is 33.4 Å². The Balaban J connectivity index is -0.000000414. The maximum Gasteiger partial charge on any atom is 0.0443 e. The standard InChI is InChI=1S/C11H16.C10H13Cl.C9H12.C2H6.2CH4/c1-8(2)11-9(3)6-5-7-10(11)4;1-7(2)10-8(3)5-4-6-9(10)11;1-8(2)9-6-4-3-5-7-9;1-2;;/h5-8H,1-4H3;4-7H,1-3H3;3-8H,1-2H3;1-2H3;2*1H4. The summed E-state index contributed by atoms with van der Waals surface area (Å²) in [6.07, 6.45) is 0. The van der Waals surface area contributed by atoms with Crippen LogP contribution in [-0.4, -0.2) is 0 Å². The van der Waals surface area contributed by atoms with Gasteiger partial charge in [-0.15, -0.1) is 0 Å². The predicted octanol–water partition coefficient (Wildman–Crippen LogP) is 12.3. The highest BCUT2D eigenvalue weighted by atomic mass is 35.5. The molecule has 1 heteroatoms. The average Bonchev–Trinajstić information content (AvgIpc) is 2.76. The normalized spacial score (nSPS) is 9.46. The molecule has 35 heavy (non-hydrogen) atoms. The van der Waals surface area contributed by atoms with Gasteiger partial charge in [-0.25, -0.2) is 0 Å². The van der Waals surface area contributed by atoms with E-state index in [9.17, 15) is 0 Å². The van der Waals surface area contributed by atoms with Crippen molar-refractivity contribution < 1.29 is 0 Å². The molecule has 0 amide bonds. The monoisotopic (exact) mass is 498 g/mol. The van der Waals surface area contributed by atoms with Crippen LogP contribution in [0.1, 0.15) is 121 Å². The van der Waals surface area contributed by atoms with Crippen LogP contribution >= 0.6 is 11.6 Å². The van der Waals surface area contributed by atoms with Crippen molar-refractivity contribution in [2.45, 2.75) is 109 Å². The Morgan fingerprint density at radius 3 is 1.11 bits per heavy atom. The molecule has 3 aromatic carbocycles. The van der Waals surface area contributed by atoms with E-state index in [4.69, 9.17) is 11.6 Å². The van der Waals surface area contributed by atoms with Gasteiger partial charge in [0.2, 0.25) is 0 Å². The van der Waals surface area contributed by atoms with Crippen LogP contribution in [-0.2, 0) is 0 Å². The Morgan fingerprint density at radius 1 is 0.486 bits per heavy atom. The summed E-state index contributed by atoms with van der Waals surface area (Å²) in [5.41, 5.74) is 8.31. The third kappa shape index (κ3) is 13.6. The summed E-state index contributed by atoms with van der Waals surface area (Å²) < 4.78 is 0. The lowest BCUT2D eigenvalue weighted by molar-refractivity contribution is 0.846. The minimum atomic E-state index is 0. The molecular weight excluding hydrogens is 444 g/mol. The Hall–Kier alpha value is -2.05. The van der Waals surface area contributed by atoms with Gasteiger partial charge in [0.05, 0.1) is 0 Å². The van der Waals surface area contributed by atoms with Crippen LogP contribution in [0.25, 0.3) is 0 Å². The SMILES string of the molecule is C.C.CC.CC(C)c1ccccc1.Cc1cccc(C)c1C(C)C.Cc1cccc(Cl)c1C(C)C. The van der Waals surface area contributed by atoms with E-state index < -0.39 is 0 Å². The summed E-state index contributed by atoms with van der Waals surface area (Å²) in [5, 5.41) is 0.889. The summed E-state index contributed by atoms with van der Waals surface area (Å²) in [7, 11) is 0. The zero-order valence-corrected chi connectivity index (χ0v) is 23.7. The first kappa shape index (κ1) is 37.5. The van der Waals surface area contributed by atoms with Crippen molar-refractivity contribution >= 4 is 11.6 Å². The molecule has 0 heterocycles. The van der Waals surface area contributed by atoms with Crippen molar-refractivity contribution in [2.75, 3.05) is 0 Å². The van der Waals surface area contributed by atoms with Gasteiger partial charge < -0.3 is 0 Å². The lowest BCUT2D eigenvalue weighted by Crippen LogP contribution is -1.94. The van der Waals surface area contributed by atoms with Crippen molar-refractivity contribution in [3.8, 4) is 0 Å². The first-order valence-corrected chi connectivity index (χ1v) is 12.8. The minimum Gasteiger partial charge on any atom is -0.0840 e. The smallest absolute Gasteiger partial charge is 0.0443 e. The van der Waals surface area contributed by atoms with E-state index >= 15 is 0 Å². The number of rotatable bonds is 3. The lowest BCUT2D eigenvalue weighted by atomic mass is 9.94.